The molecule has 0 heterocycles. The number of nitrogens with two attached hydrogens (primary N) is 1. The molecule has 12 nitrogen and oxygen atoms in total. The molecule has 0 rings (SSSR count). The van der Waals surface area contributed by atoms with E-state index in [4.69, 9.17) is 5.73 Å². The van der Waals surface area contributed by atoms with Gasteiger partial charge in [-0.05, 0) is 38.6 Å². The van der Waals surface area contributed by atoms with Gasteiger partial charge in [-0.15, -0.1) is 0 Å². The van der Waals surface area contributed by atoms with Crippen LogP contribution in [0.1, 0.15) is 73.6 Å². The fraction of sp³-hybridized carbons (Fsp3) is 0.800. The number of nitrogens with one attached hydrogen (secondary N) is 5. The summed E-state index contributed by atoms with van der Waals surface area (Å²) in [6.07, 6.45) is 1.36. The van der Waals surface area contributed by atoms with E-state index in [9.17, 15) is 29.1 Å². The van der Waals surface area contributed by atoms with E-state index >= 15 is 0 Å². The maximum atomic E-state index is 13.2. The van der Waals surface area contributed by atoms with Crippen molar-refractivity contribution >= 4 is 29.5 Å². The number of carbonyl (C=O) groups excluding carboxylic acids is 5. The van der Waals surface area contributed by atoms with Gasteiger partial charge in [-0.3, -0.25) is 24.0 Å². The zero-order valence-corrected chi connectivity index (χ0v) is 23.3. The van der Waals surface area contributed by atoms with E-state index in [2.05, 4.69) is 26.6 Å². The lowest BCUT2D eigenvalue weighted by atomic mass is 9.96. The average Bonchev–Trinajstić information content (AvgIpc) is 2.81. The topological polar surface area (TPSA) is 192 Å². The number of amides is 5. The van der Waals surface area contributed by atoms with Crippen LogP contribution in [0.5, 0.6) is 0 Å². The minimum absolute atomic E-state index is 0.00379. The maximum Gasteiger partial charge on any atom is 0.245 e. The first-order valence-electron chi connectivity index (χ1n) is 13.1. The predicted octanol–water partition coefficient (Wildman–Crippen LogP) is -0.706. The van der Waals surface area contributed by atoms with E-state index in [1.807, 2.05) is 34.6 Å². The van der Waals surface area contributed by atoms with Gasteiger partial charge in [0.25, 0.3) is 0 Å². The second kappa shape index (κ2) is 17.7. The summed E-state index contributed by atoms with van der Waals surface area (Å²) in [4.78, 5) is 63.1. The van der Waals surface area contributed by atoms with Crippen LogP contribution in [0.15, 0.2) is 0 Å². The summed E-state index contributed by atoms with van der Waals surface area (Å²) < 4.78 is 0. The molecule has 0 spiro atoms. The van der Waals surface area contributed by atoms with Crippen LogP contribution in [0.2, 0.25) is 0 Å². The molecule has 6 atom stereocenters. The summed E-state index contributed by atoms with van der Waals surface area (Å²) in [6.45, 7) is 10.8. The number of carbonyl (C=O) groups is 5. The lowest BCUT2D eigenvalue weighted by Gasteiger charge is -2.29. The van der Waals surface area contributed by atoms with Crippen molar-refractivity contribution in [1.29, 1.82) is 0 Å². The Morgan fingerprint density at radius 3 is 1.84 bits per heavy atom. The molecular weight excluding hydrogens is 480 g/mol. The predicted molar refractivity (Wildman–Crippen MR) is 141 cm³/mol. The second-order valence-corrected chi connectivity index (χ2v) is 9.98. The molecule has 0 radical (unpaired) electrons. The van der Waals surface area contributed by atoms with E-state index in [0.29, 0.717) is 19.3 Å². The molecule has 214 valence electrons. The second-order valence-electron chi connectivity index (χ2n) is 9.98. The first-order valence-corrected chi connectivity index (χ1v) is 13.1. The highest BCUT2D eigenvalue weighted by Gasteiger charge is 2.34. The third-order valence-electron chi connectivity index (χ3n) is 6.06. The Hall–Kier alpha value is -2.73. The molecule has 0 aromatic carbocycles. The number of rotatable bonds is 18. The SMILES string of the molecule is CCCC[C@H](NC(=O)[C@@H](NC(=O)[C@H](CC(C)C)NC(=O)[C@@H](NC(=O)CNC)[C@@H](C)CC)[C@@H](C)O)C(N)=O. The molecule has 0 aliphatic rings. The van der Waals surface area contributed by atoms with Gasteiger partial charge in [-0.1, -0.05) is 53.9 Å². The Kier molecular flexibility index (Phi) is 16.4. The van der Waals surface area contributed by atoms with Crippen molar-refractivity contribution in [2.24, 2.45) is 17.6 Å². The summed E-state index contributed by atoms with van der Waals surface area (Å²) in [5.41, 5.74) is 5.39. The molecule has 0 aliphatic carbocycles. The molecule has 5 amide bonds. The van der Waals surface area contributed by atoms with E-state index in [-0.39, 0.29) is 30.7 Å². The quantitative estimate of drug-likeness (QED) is 0.122. The van der Waals surface area contributed by atoms with E-state index in [1.54, 1.807) is 7.05 Å². The minimum Gasteiger partial charge on any atom is -0.391 e. The van der Waals surface area contributed by atoms with Crippen molar-refractivity contribution in [3.63, 3.8) is 0 Å². The van der Waals surface area contributed by atoms with Crippen molar-refractivity contribution in [3.05, 3.63) is 0 Å². The Morgan fingerprint density at radius 2 is 1.38 bits per heavy atom. The van der Waals surface area contributed by atoms with Gasteiger partial charge in [-0.2, -0.15) is 0 Å². The number of hydrogen-bond acceptors (Lipinski definition) is 7. The van der Waals surface area contributed by atoms with Crippen LogP contribution in [-0.4, -0.2) is 78.5 Å². The van der Waals surface area contributed by atoms with Crippen molar-refractivity contribution in [2.75, 3.05) is 13.6 Å². The summed E-state index contributed by atoms with van der Waals surface area (Å²) in [5, 5.41) is 23.4. The molecule has 0 aliphatic heterocycles. The molecule has 0 aromatic rings. The highest BCUT2D eigenvalue weighted by Crippen LogP contribution is 2.11. The lowest BCUT2D eigenvalue weighted by Crippen LogP contribution is -2.61. The number of hydrogen-bond donors (Lipinski definition) is 7. The van der Waals surface area contributed by atoms with Crippen molar-refractivity contribution < 1.29 is 29.1 Å². The van der Waals surface area contributed by atoms with Gasteiger partial charge < -0.3 is 37.4 Å². The molecule has 8 N–H and O–H groups in total. The molecule has 0 unspecified atom stereocenters. The maximum absolute atomic E-state index is 13.2. The van der Waals surface area contributed by atoms with E-state index in [1.165, 1.54) is 6.92 Å². The summed E-state index contributed by atoms with van der Waals surface area (Å²) in [5.74, 6) is -3.21. The minimum atomic E-state index is -1.37. The molecule has 0 saturated carbocycles. The smallest absolute Gasteiger partial charge is 0.245 e. The van der Waals surface area contributed by atoms with Crippen LogP contribution >= 0.6 is 0 Å². The molecule has 0 fully saturated rings. The van der Waals surface area contributed by atoms with Crippen LogP contribution in [0.4, 0.5) is 0 Å². The molecular formula is C25H48N6O6. The van der Waals surface area contributed by atoms with Crippen molar-refractivity contribution in [2.45, 2.75) is 104 Å². The number of likely N-dealkylation sites (N-methyl/N-ethyl adjacent to an activating group) is 1. The summed E-state index contributed by atoms with van der Waals surface area (Å²) in [7, 11) is 1.62. The summed E-state index contributed by atoms with van der Waals surface area (Å²) >= 11 is 0. The van der Waals surface area contributed by atoms with Gasteiger partial charge in [0, 0.05) is 0 Å². The van der Waals surface area contributed by atoms with E-state index in [0.717, 1.165) is 6.42 Å². The molecule has 0 aromatic heterocycles. The third kappa shape index (κ3) is 12.9. The Bertz CT molecular complexity index is 760. The van der Waals surface area contributed by atoms with Gasteiger partial charge >= 0.3 is 0 Å². The fourth-order valence-corrected chi connectivity index (χ4v) is 3.67. The van der Waals surface area contributed by atoms with E-state index < -0.39 is 53.9 Å². The van der Waals surface area contributed by atoms with Crippen LogP contribution in [0.3, 0.4) is 0 Å². The van der Waals surface area contributed by atoms with Crippen LogP contribution in [0, 0.1) is 11.8 Å². The number of aliphatic hydroxyl groups is 1. The van der Waals surface area contributed by atoms with Gasteiger partial charge in [0.2, 0.25) is 29.5 Å². The third-order valence-corrected chi connectivity index (χ3v) is 6.06. The van der Waals surface area contributed by atoms with Gasteiger partial charge in [-0.25, -0.2) is 0 Å². The molecule has 0 saturated heterocycles. The van der Waals surface area contributed by atoms with Gasteiger partial charge in [0.05, 0.1) is 12.6 Å². The van der Waals surface area contributed by atoms with Crippen LogP contribution < -0.4 is 32.3 Å². The molecule has 37 heavy (non-hydrogen) atoms. The standard InChI is InChI=1S/C25H48N6O6/c1-8-10-11-17(22(26)34)28-25(37)21(16(6)32)31-23(35)18(12-14(3)4)29-24(36)20(15(5)9-2)30-19(33)13-27-7/h14-18,20-21,27,32H,8-13H2,1-7H3,(H2,26,34)(H,28,37)(H,29,36)(H,30,33)(H,31,35)/t15-,16+,17-,18-,20-,21-/m0/s1. The Labute approximate surface area is 220 Å². The summed E-state index contributed by atoms with van der Waals surface area (Å²) in [6, 6.07) is -4.20. The molecule has 12 heteroatoms. The van der Waals surface area contributed by atoms with Crippen molar-refractivity contribution in [3.8, 4) is 0 Å². The van der Waals surface area contributed by atoms with Crippen molar-refractivity contribution in [1.82, 2.24) is 26.6 Å². The molecule has 0 bridgehead atoms. The van der Waals surface area contributed by atoms with Gasteiger partial charge in [0.15, 0.2) is 0 Å². The number of primary amides is 1. The van der Waals surface area contributed by atoms with Gasteiger partial charge in [0.1, 0.15) is 24.2 Å². The van der Waals surface area contributed by atoms with Crippen LogP contribution in [-0.2, 0) is 24.0 Å². The first kappa shape index (κ1) is 34.3. The number of unbranched alkanes of at least 4 members (excludes halogenated alkanes) is 1. The first-order chi connectivity index (χ1) is 17.3. The monoisotopic (exact) mass is 528 g/mol. The normalized spacial score (nSPS) is 16.0. The Morgan fingerprint density at radius 1 is 0.811 bits per heavy atom. The largest absolute Gasteiger partial charge is 0.391 e. The zero-order chi connectivity index (χ0) is 28.7. The lowest BCUT2D eigenvalue weighted by molar-refractivity contribution is -0.136. The Balaban J connectivity index is 5.69. The average molecular weight is 529 g/mol. The fourth-order valence-electron chi connectivity index (χ4n) is 3.67. The highest BCUT2D eigenvalue weighted by atomic mass is 16.3. The number of aliphatic hydroxyl groups excluding tert-OH is 1. The zero-order valence-electron chi connectivity index (χ0n) is 23.3. The van der Waals surface area contributed by atoms with Crippen LogP contribution in [0.25, 0.3) is 0 Å². The highest BCUT2D eigenvalue weighted by molar-refractivity contribution is 5.95.